The summed E-state index contributed by atoms with van der Waals surface area (Å²) in [5.41, 5.74) is 4.27. The van der Waals surface area contributed by atoms with Gasteiger partial charge in [-0.1, -0.05) is 12.1 Å². The molecule has 0 saturated carbocycles. The molecule has 5 rings (SSSR count). The zero-order chi connectivity index (χ0) is 24.2. The summed E-state index contributed by atoms with van der Waals surface area (Å²) in [6.45, 7) is 4.27. The number of ether oxygens (including phenoxy) is 2. The zero-order valence-electron chi connectivity index (χ0n) is 20.9. The Morgan fingerprint density at radius 1 is 1.00 bits per heavy atom. The van der Waals surface area contributed by atoms with E-state index in [4.69, 9.17) is 19.4 Å². The van der Waals surface area contributed by atoms with Gasteiger partial charge in [-0.2, -0.15) is 4.98 Å². The van der Waals surface area contributed by atoms with E-state index in [0.717, 1.165) is 67.1 Å². The maximum Gasteiger partial charge on any atom is 0.227 e. The van der Waals surface area contributed by atoms with Crippen LogP contribution in [0.25, 0.3) is 11.3 Å². The number of likely N-dealkylation sites (N-methyl/N-ethyl adjacent to an activating group) is 1. The number of hydrogen-bond donors (Lipinski definition) is 0. The second-order valence-electron chi connectivity index (χ2n) is 9.36. The molecule has 2 aliphatic heterocycles. The highest BCUT2D eigenvalue weighted by molar-refractivity contribution is 5.77. The third kappa shape index (κ3) is 5.17. The lowest BCUT2D eigenvalue weighted by Crippen LogP contribution is -2.31. The Hall–Kier alpha value is -3.39. The normalized spacial score (nSPS) is 15.4. The highest BCUT2D eigenvalue weighted by atomic mass is 16.5. The van der Waals surface area contributed by atoms with Gasteiger partial charge in [-0.3, -0.25) is 0 Å². The fraction of sp³-hybridized carbons (Fsp3) is 0.444. The van der Waals surface area contributed by atoms with Gasteiger partial charge in [-0.25, -0.2) is 9.97 Å². The first-order valence-electron chi connectivity index (χ1n) is 12.4. The lowest BCUT2D eigenvalue weighted by Gasteiger charge is -2.28. The Morgan fingerprint density at radius 2 is 1.86 bits per heavy atom. The number of aromatic nitrogens is 3. The molecule has 0 amide bonds. The number of benzene rings is 1. The number of piperidine rings is 1. The molecule has 1 aromatic carbocycles. The summed E-state index contributed by atoms with van der Waals surface area (Å²) in [6, 6.07) is 12.2. The first kappa shape index (κ1) is 23.4. The van der Waals surface area contributed by atoms with Gasteiger partial charge in [-0.15, -0.1) is 0 Å². The highest BCUT2D eigenvalue weighted by Gasteiger charge is 2.29. The van der Waals surface area contributed by atoms with Gasteiger partial charge >= 0.3 is 0 Å². The van der Waals surface area contributed by atoms with E-state index in [0.29, 0.717) is 12.5 Å². The average molecular weight is 475 g/mol. The van der Waals surface area contributed by atoms with E-state index in [2.05, 4.69) is 31.8 Å². The maximum atomic E-state index is 5.91. The molecule has 35 heavy (non-hydrogen) atoms. The molecule has 8 nitrogen and oxygen atoms in total. The number of pyridine rings is 1. The van der Waals surface area contributed by atoms with Gasteiger partial charge in [0.25, 0.3) is 0 Å². The van der Waals surface area contributed by atoms with E-state index in [-0.39, 0.29) is 0 Å². The van der Waals surface area contributed by atoms with Crippen molar-refractivity contribution in [2.45, 2.75) is 25.7 Å². The number of rotatable bonds is 8. The van der Waals surface area contributed by atoms with Crippen LogP contribution in [0.15, 0.2) is 42.6 Å². The predicted molar refractivity (Wildman–Crippen MR) is 139 cm³/mol. The number of hydrogen-bond acceptors (Lipinski definition) is 8. The molecule has 184 valence electrons. The van der Waals surface area contributed by atoms with Crippen molar-refractivity contribution in [2.75, 3.05) is 63.8 Å². The Morgan fingerprint density at radius 3 is 2.66 bits per heavy atom. The molecular weight excluding hydrogens is 440 g/mol. The maximum absolute atomic E-state index is 5.91. The van der Waals surface area contributed by atoms with Crippen LogP contribution in [-0.2, 0) is 6.42 Å². The minimum absolute atomic E-state index is 0.599. The molecule has 0 atom stereocenters. The summed E-state index contributed by atoms with van der Waals surface area (Å²) in [5, 5.41) is 0. The smallest absolute Gasteiger partial charge is 0.227 e. The van der Waals surface area contributed by atoms with Crippen molar-refractivity contribution in [2.24, 2.45) is 0 Å². The molecule has 2 aromatic heterocycles. The highest BCUT2D eigenvalue weighted by Crippen LogP contribution is 2.40. The Bertz CT molecular complexity index is 1160. The molecule has 8 heteroatoms. The van der Waals surface area contributed by atoms with E-state index in [9.17, 15) is 0 Å². The van der Waals surface area contributed by atoms with Crippen molar-refractivity contribution in [1.82, 2.24) is 19.9 Å². The molecular formula is C27H34N6O2. The molecule has 0 spiro atoms. The molecule has 0 unspecified atom stereocenters. The van der Waals surface area contributed by atoms with Crippen LogP contribution in [0, 0.1) is 0 Å². The molecule has 0 N–H and O–H groups in total. The summed E-state index contributed by atoms with van der Waals surface area (Å²) < 4.78 is 11.4. The minimum Gasteiger partial charge on any atom is -0.497 e. The third-order valence-corrected chi connectivity index (χ3v) is 6.62. The minimum atomic E-state index is 0.599. The number of nitrogens with zero attached hydrogens (tertiary/aromatic N) is 6. The summed E-state index contributed by atoms with van der Waals surface area (Å²) in [4.78, 5) is 21.3. The molecule has 3 aromatic rings. The van der Waals surface area contributed by atoms with E-state index in [1.807, 2.05) is 44.6 Å². The topological polar surface area (TPSA) is 66.8 Å². The average Bonchev–Trinajstić information content (AvgIpc) is 3.33. The van der Waals surface area contributed by atoms with Gasteiger partial charge in [0.15, 0.2) is 0 Å². The Kier molecular flexibility index (Phi) is 6.99. The van der Waals surface area contributed by atoms with Gasteiger partial charge in [0.05, 0.1) is 12.8 Å². The van der Waals surface area contributed by atoms with Crippen LogP contribution >= 0.6 is 0 Å². The van der Waals surface area contributed by atoms with Gasteiger partial charge in [-0.05, 0) is 58.0 Å². The van der Waals surface area contributed by atoms with Crippen LogP contribution in [-0.4, -0.2) is 73.8 Å². The monoisotopic (exact) mass is 474 g/mol. The molecule has 0 aliphatic carbocycles. The van der Waals surface area contributed by atoms with Crippen LogP contribution in [0.2, 0.25) is 0 Å². The summed E-state index contributed by atoms with van der Waals surface area (Å²) in [5.74, 6) is 3.25. The van der Waals surface area contributed by atoms with E-state index in [1.165, 1.54) is 24.8 Å². The summed E-state index contributed by atoms with van der Waals surface area (Å²) >= 11 is 0. The Labute approximate surface area is 207 Å². The van der Waals surface area contributed by atoms with Crippen LogP contribution in [0.1, 0.15) is 24.8 Å². The molecule has 0 bridgehead atoms. The van der Waals surface area contributed by atoms with Crippen LogP contribution < -0.4 is 19.3 Å². The second kappa shape index (κ2) is 10.5. The van der Waals surface area contributed by atoms with Crippen LogP contribution in [0.5, 0.6) is 11.6 Å². The lowest BCUT2D eigenvalue weighted by molar-refractivity contribution is 0.254. The van der Waals surface area contributed by atoms with E-state index >= 15 is 0 Å². The summed E-state index contributed by atoms with van der Waals surface area (Å²) in [6.07, 6.45) is 6.31. The standard InChI is InChI=1S/C27H34N6O2/c1-31(2)16-17-35-24-19-21(10-12-28-24)33-15-11-23-25(20-8-7-9-22(18-20)34-3)29-27(30-26(23)33)32-13-5-4-6-14-32/h7-10,12,18-19H,4-6,11,13-17H2,1-3H3. The van der Waals surface area contributed by atoms with E-state index < -0.39 is 0 Å². The first-order valence-corrected chi connectivity index (χ1v) is 12.4. The van der Waals surface area contributed by atoms with Crippen molar-refractivity contribution in [3.63, 3.8) is 0 Å². The van der Waals surface area contributed by atoms with Gasteiger partial charge in [0, 0.05) is 55.3 Å². The zero-order valence-corrected chi connectivity index (χ0v) is 20.9. The van der Waals surface area contributed by atoms with Crippen LogP contribution in [0.3, 0.4) is 0 Å². The van der Waals surface area contributed by atoms with Crippen molar-refractivity contribution in [3.05, 3.63) is 48.2 Å². The lowest BCUT2D eigenvalue weighted by atomic mass is 10.1. The van der Waals surface area contributed by atoms with E-state index in [1.54, 1.807) is 7.11 Å². The van der Waals surface area contributed by atoms with Crippen molar-refractivity contribution in [1.29, 1.82) is 0 Å². The van der Waals surface area contributed by atoms with Crippen LogP contribution in [0.4, 0.5) is 17.5 Å². The third-order valence-electron chi connectivity index (χ3n) is 6.62. The molecule has 1 fully saturated rings. The van der Waals surface area contributed by atoms with Crippen molar-refractivity contribution >= 4 is 17.5 Å². The Balaban J connectivity index is 1.53. The number of fused-ring (bicyclic) bond motifs is 1. The molecule has 0 radical (unpaired) electrons. The fourth-order valence-corrected chi connectivity index (χ4v) is 4.72. The molecule has 4 heterocycles. The predicted octanol–water partition coefficient (Wildman–Crippen LogP) is 4.17. The quantitative estimate of drug-likeness (QED) is 0.482. The van der Waals surface area contributed by atoms with Gasteiger partial charge < -0.3 is 24.2 Å². The molecule has 1 saturated heterocycles. The van der Waals surface area contributed by atoms with Crippen molar-refractivity contribution in [3.8, 4) is 22.9 Å². The summed E-state index contributed by atoms with van der Waals surface area (Å²) in [7, 11) is 5.77. The van der Waals surface area contributed by atoms with Gasteiger partial charge in [0.2, 0.25) is 11.8 Å². The van der Waals surface area contributed by atoms with Gasteiger partial charge in [0.1, 0.15) is 18.2 Å². The number of anilines is 3. The fourth-order valence-electron chi connectivity index (χ4n) is 4.72. The SMILES string of the molecule is COc1cccc(-c2nc(N3CCCCC3)nc3c2CCN3c2ccnc(OCCN(C)C)c2)c1. The first-order chi connectivity index (χ1) is 17.1. The largest absolute Gasteiger partial charge is 0.497 e. The number of methoxy groups -OCH3 is 1. The second-order valence-corrected chi connectivity index (χ2v) is 9.36. The molecule has 2 aliphatic rings. The van der Waals surface area contributed by atoms with Crippen molar-refractivity contribution < 1.29 is 9.47 Å².